The zero-order valence-corrected chi connectivity index (χ0v) is 8.30. The van der Waals surface area contributed by atoms with E-state index in [0.717, 1.165) is 11.4 Å². The SMILES string of the molecule is Cc1nn(C)cc1-n1cc[nH]c1=S. The van der Waals surface area contributed by atoms with Crippen molar-refractivity contribution in [3.8, 4) is 5.69 Å². The number of aromatic nitrogens is 4. The van der Waals surface area contributed by atoms with Gasteiger partial charge in [0.1, 0.15) is 0 Å². The van der Waals surface area contributed by atoms with Crippen molar-refractivity contribution in [3.05, 3.63) is 29.1 Å². The highest BCUT2D eigenvalue weighted by atomic mass is 32.1. The van der Waals surface area contributed by atoms with Crippen LogP contribution in [0.15, 0.2) is 18.6 Å². The largest absolute Gasteiger partial charge is 0.337 e. The minimum Gasteiger partial charge on any atom is -0.337 e. The van der Waals surface area contributed by atoms with Crippen molar-refractivity contribution in [2.75, 3.05) is 0 Å². The maximum atomic E-state index is 5.11. The normalized spacial score (nSPS) is 10.6. The topological polar surface area (TPSA) is 38.5 Å². The lowest BCUT2D eigenvalue weighted by atomic mass is 10.4. The fourth-order valence-electron chi connectivity index (χ4n) is 1.33. The summed E-state index contributed by atoms with van der Waals surface area (Å²) in [5.74, 6) is 0. The van der Waals surface area contributed by atoms with Crippen LogP contribution in [0.2, 0.25) is 0 Å². The summed E-state index contributed by atoms with van der Waals surface area (Å²) < 4.78 is 4.37. The van der Waals surface area contributed by atoms with Gasteiger partial charge in [0.2, 0.25) is 0 Å². The molecule has 0 aromatic carbocycles. The molecule has 0 spiro atoms. The van der Waals surface area contributed by atoms with Crippen molar-refractivity contribution in [2.24, 2.45) is 7.05 Å². The lowest BCUT2D eigenvalue weighted by molar-refractivity contribution is 0.756. The average molecular weight is 194 g/mol. The van der Waals surface area contributed by atoms with Gasteiger partial charge < -0.3 is 4.98 Å². The van der Waals surface area contributed by atoms with Crippen molar-refractivity contribution in [1.29, 1.82) is 0 Å². The van der Waals surface area contributed by atoms with E-state index in [0.29, 0.717) is 4.77 Å². The molecule has 0 fully saturated rings. The molecule has 1 N–H and O–H groups in total. The van der Waals surface area contributed by atoms with Crippen LogP contribution in [0.4, 0.5) is 0 Å². The molecule has 0 amide bonds. The third-order valence-corrected chi connectivity index (χ3v) is 2.21. The van der Waals surface area contributed by atoms with Gasteiger partial charge in [-0.3, -0.25) is 9.25 Å². The Bertz CT molecular complexity index is 476. The summed E-state index contributed by atoms with van der Waals surface area (Å²) in [4.78, 5) is 2.94. The Morgan fingerprint density at radius 2 is 2.31 bits per heavy atom. The molecule has 0 saturated carbocycles. The first kappa shape index (κ1) is 8.25. The van der Waals surface area contributed by atoms with E-state index in [9.17, 15) is 0 Å². The Balaban J connectivity index is 2.65. The van der Waals surface area contributed by atoms with Crippen molar-refractivity contribution in [3.63, 3.8) is 0 Å². The van der Waals surface area contributed by atoms with Gasteiger partial charge in [0, 0.05) is 25.6 Å². The smallest absolute Gasteiger partial charge is 0.181 e. The van der Waals surface area contributed by atoms with Crippen LogP contribution in [0.25, 0.3) is 5.69 Å². The van der Waals surface area contributed by atoms with Crippen LogP contribution in [0, 0.1) is 11.7 Å². The second-order valence-electron chi connectivity index (χ2n) is 2.91. The van der Waals surface area contributed by atoms with E-state index in [2.05, 4.69) is 10.1 Å². The predicted molar refractivity (Wildman–Crippen MR) is 52.5 cm³/mol. The van der Waals surface area contributed by atoms with Crippen molar-refractivity contribution >= 4 is 12.2 Å². The van der Waals surface area contributed by atoms with E-state index in [1.807, 2.05) is 37.1 Å². The third-order valence-electron chi connectivity index (χ3n) is 1.90. The van der Waals surface area contributed by atoms with E-state index in [1.165, 1.54) is 0 Å². The monoisotopic (exact) mass is 194 g/mol. The molecular weight excluding hydrogens is 184 g/mol. The summed E-state index contributed by atoms with van der Waals surface area (Å²) in [7, 11) is 1.90. The molecular formula is C8H10N4S. The third kappa shape index (κ3) is 1.31. The van der Waals surface area contributed by atoms with E-state index in [-0.39, 0.29) is 0 Å². The average Bonchev–Trinajstić information content (AvgIpc) is 2.58. The maximum absolute atomic E-state index is 5.11. The van der Waals surface area contributed by atoms with Crippen molar-refractivity contribution in [1.82, 2.24) is 19.3 Å². The Morgan fingerprint density at radius 3 is 2.77 bits per heavy atom. The molecule has 2 aromatic rings. The highest BCUT2D eigenvalue weighted by molar-refractivity contribution is 7.71. The first-order valence-corrected chi connectivity index (χ1v) is 4.36. The number of aryl methyl sites for hydroxylation is 2. The van der Waals surface area contributed by atoms with E-state index in [1.54, 1.807) is 4.68 Å². The zero-order valence-electron chi connectivity index (χ0n) is 7.48. The second-order valence-corrected chi connectivity index (χ2v) is 3.30. The molecule has 2 aromatic heterocycles. The first-order valence-electron chi connectivity index (χ1n) is 3.95. The minimum atomic E-state index is 0.691. The summed E-state index contributed by atoms with van der Waals surface area (Å²) in [5.41, 5.74) is 1.99. The number of hydrogen-bond donors (Lipinski definition) is 1. The molecule has 0 radical (unpaired) electrons. The summed E-state index contributed by atoms with van der Waals surface area (Å²) in [6, 6.07) is 0. The molecule has 4 nitrogen and oxygen atoms in total. The number of rotatable bonds is 1. The summed E-state index contributed by atoms with van der Waals surface area (Å²) in [6.45, 7) is 1.96. The highest BCUT2D eigenvalue weighted by Gasteiger charge is 2.04. The van der Waals surface area contributed by atoms with Crippen LogP contribution < -0.4 is 0 Å². The Kier molecular flexibility index (Phi) is 1.81. The van der Waals surface area contributed by atoms with Crippen LogP contribution in [0.3, 0.4) is 0 Å². The molecule has 68 valence electrons. The van der Waals surface area contributed by atoms with Gasteiger partial charge in [-0.05, 0) is 19.1 Å². The fourth-order valence-corrected chi connectivity index (χ4v) is 1.56. The molecule has 13 heavy (non-hydrogen) atoms. The fraction of sp³-hybridized carbons (Fsp3) is 0.250. The molecule has 0 unspecified atom stereocenters. The van der Waals surface area contributed by atoms with E-state index >= 15 is 0 Å². The second kappa shape index (κ2) is 2.85. The lowest BCUT2D eigenvalue weighted by Gasteiger charge is -1.96. The predicted octanol–water partition coefficient (Wildman–Crippen LogP) is 1.58. The summed E-state index contributed by atoms with van der Waals surface area (Å²) in [5, 5.41) is 4.24. The maximum Gasteiger partial charge on any atom is 0.181 e. The number of nitrogens with zero attached hydrogens (tertiary/aromatic N) is 3. The minimum absolute atomic E-state index is 0.691. The van der Waals surface area contributed by atoms with Gasteiger partial charge in [-0.25, -0.2) is 0 Å². The van der Waals surface area contributed by atoms with Crippen molar-refractivity contribution in [2.45, 2.75) is 6.92 Å². The molecule has 0 aliphatic rings. The van der Waals surface area contributed by atoms with Gasteiger partial charge in [0.05, 0.1) is 11.4 Å². The van der Waals surface area contributed by atoms with Crippen LogP contribution >= 0.6 is 12.2 Å². The van der Waals surface area contributed by atoms with Gasteiger partial charge in [0.25, 0.3) is 0 Å². The molecule has 0 aliphatic carbocycles. The molecule has 0 aliphatic heterocycles. The summed E-state index contributed by atoms with van der Waals surface area (Å²) >= 11 is 5.11. The Morgan fingerprint density at radius 1 is 1.54 bits per heavy atom. The van der Waals surface area contributed by atoms with Gasteiger partial charge in [-0.1, -0.05) is 0 Å². The van der Waals surface area contributed by atoms with Gasteiger partial charge in [-0.2, -0.15) is 5.10 Å². The van der Waals surface area contributed by atoms with Gasteiger partial charge in [-0.15, -0.1) is 0 Å². The van der Waals surface area contributed by atoms with Gasteiger partial charge in [0.15, 0.2) is 4.77 Å². The van der Waals surface area contributed by atoms with Crippen LogP contribution in [0.1, 0.15) is 5.69 Å². The zero-order chi connectivity index (χ0) is 9.42. The Hall–Kier alpha value is -1.36. The first-order chi connectivity index (χ1) is 6.18. The number of H-pyrrole nitrogens is 1. The molecule has 0 saturated heterocycles. The Labute approximate surface area is 80.8 Å². The van der Waals surface area contributed by atoms with Crippen LogP contribution in [-0.2, 0) is 7.05 Å². The number of nitrogens with one attached hydrogen (secondary N) is 1. The molecule has 5 heteroatoms. The summed E-state index contributed by atoms with van der Waals surface area (Å²) in [6.07, 6.45) is 5.65. The van der Waals surface area contributed by atoms with Crippen molar-refractivity contribution < 1.29 is 0 Å². The molecule has 0 atom stereocenters. The van der Waals surface area contributed by atoms with E-state index < -0.39 is 0 Å². The van der Waals surface area contributed by atoms with E-state index in [4.69, 9.17) is 12.2 Å². The molecule has 2 heterocycles. The van der Waals surface area contributed by atoms with Gasteiger partial charge >= 0.3 is 0 Å². The quantitative estimate of drug-likeness (QED) is 0.700. The van der Waals surface area contributed by atoms with Crippen LogP contribution in [0.5, 0.6) is 0 Å². The molecule has 2 rings (SSSR count). The number of aromatic amines is 1. The number of hydrogen-bond acceptors (Lipinski definition) is 2. The molecule has 0 bridgehead atoms. The standard InChI is InChI=1S/C8H10N4S/c1-6-7(5-11(2)10-6)12-4-3-9-8(12)13/h3-5H,1-2H3,(H,9,13). The number of imidazole rings is 1. The van der Waals surface area contributed by atoms with Crippen LogP contribution in [-0.4, -0.2) is 19.3 Å². The lowest BCUT2D eigenvalue weighted by Crippen LogP contribution is -1.91. The highest BCUT2D eigenvalue weighted by Crippen LogP contribution is 2.11.